The van der Waals surface area contributed by atoms with E-state index in [0.29, 0.717) is 10.7 Å². The molecule has 0 saturated heterocycles. The van der Waals surface area contributed by atoms with Gasteiger partial charge in [0.1, 0.15) is 23.2 Å². The van der Waals surface area contributed by atoms with Gasteiger partial charge in [-0.3, -0.25) is 14.4 Å². The summed E-state index contributed by atoms with van der Waals surface area (Å²) in [4.78, 5) is 38.6. The first-order valence-corrected chi connectivity index (χ1v) is 10.0. The van der Waals surface area contributed by atoms with Gasteiger partial charge in [0.15, 0.2) is 0 Å². The van der Waals surface area contributed by atoms with E-state index in [-0.39, 0.29) is 11.6 Å². The second-order valence-electron chi connectivity index (χ2n) is 7.16. The average Bonchev–Trinajstić information content (AvgIpc) is 2.68. The number of carbonyl (C=O) groups is 3. The average molecular weight is 472 g/mol. The Kier molecular flexibility index (Phi) is 8.36. The first kappa shape index (κ1) is 24.6. The molecule has 0 bridgehead atoms. The molecule has 2 aromatic carbocycles. The highest BCUT2D eigenvalue weighted by Gasteiger charge is 2.30. The summed E-state index contributed by atoms with van der Waals surface area (Å²) in [6, 6.07) is 6.45. The van der Waals surface area contributed by atoms with Gasteiger partial charge in [0.25, 0.3) is 5.91 Å². The van der Waals surface area contributed by atoms with Crippen LogP contribution in [-0.4, -0.2) is 42.3 Å². The van der Waals surface area contributed by atoms with Gasteiger partial charge in [-0.25, -0.2) is 8.78 Å². The second kappa shape index (κ2) is 10.5. The molecule has 0 aliphatic rings. The van der Waals surface area contributed by atoms with Gasteiger partial charge in [-0.05, 0) is 36.2 Å². The largest absolute Gasteiger partial charge is 0.340 e. The normalized spacial score (nSPS) is 11.7. The maximum absolute atomic E-state index is 13.9. The van der Waals surface area contributed by atoms with Crippen LogP contribution < -0.4 is 10.6 Å². The number of nitrogens with zero attached hydrogens (tertiary/aromatic N) is 1. The van der Waals surface area contributed by atoms with Crippen molar-refractivity contribution in [3.8, 4) is 0 Å². The van der Waals surface area contributed by atoms with Gasteiger partial charge < -0.3 is 15.5 Å². The number of rotatable bonds is 7. The molecule has 2 rings (SSSR count). The molecule has 166 valence electrons. The molecule has 31 heavy (non-hydrogen) atoms. The van der Waals surface area contributed by atoms with Crippen LogP contribution in [-0.2, 0) is 9.59 Å². The molecule has 0 saturated carbocycles. The predicted molar refractivity (Wildman–Crippen MR) is 115 cm³/mol. The summed E-state index contributed by atoms with van der Waals surface area (Å²) in [6.07, 6.45) is 0. The van der Waals surface area contributed by atoms with Gasteiger partial charge in [0, 0.05) is 12.7 Å². The molecule has 10 heteroatoms. The number of hydrogen-bond donors (Lipinski definition) is 2. The van der Waals surface area contributed by atoms with E-state index in [4.69, 9.17) is 23.2 Å². The quantitative estimate of drug-likeness (QED) is 0.637. The first-order chi connectivity index (χ1) is 14.5. The minimum atomic E-state index is -1.10. The lowest BCUT2D eigenvalue weighted by Gasteiger charge is -2.27. The minimum absolute atomic E-state index is 0.256. The number of anilines is 1. The fourth-order valence-electron chi connectivity index (χ4n) is 2.75. The van der Waals surface area contributed by atoms with Crippen molar-refractivity contribution in [3.63, 3.8) is 0 Å². The van der Waals surface area contributed by atoms with Crippen LogP contribution >= 0.6 is 23.2 Å². The predicted octanol–water partition coefficient (Wildman–Crippen LogP) is 4.12. The summed E-state index contributed by atoms with van der Waals surface area (Å²) in [6.45, 7) is 2.99. The fraction of sp³-hybridized carbons (Fsp3) is 0.286. The number of likely N-dealkylation sites (N-methyl/N-ethyl adjacent to an activating group) is 1. The van der Waals surface area contributed by atoms with E-state index in [9.17, 15) is 23.2 Å². The molecule has 6 nitrogen and oxygen atoms in total. The molecule has 1 atom stereocenters. The molecular weight excluding hydrogens is 451 g/mol. The molecule has 0 aromatic heterocycles. The number of nitrogens with one attached hydrogen (secondary N) is 2. The molecule has 0 radical (unpaired) electrons. The highest BCUT2D eigenvalue weighted by Crippen LogP contribution is 2.25. The Morgan fingerprint density at radius 3 is 2.19 bits per heavy atom. The molecule has 3 amide bonds. The number of benzene rings is 2. The summed E-state index contributed by atoms with van der Waals surface area (Å²) in [5, 5.41) is 5.52. The van der Waals surface area contributed by atoms with Gasteiger partial charge in [-0.15, -0.1) is 0 Å². The van der Waals surface area contributed by atoms with Crippen LogP contribution in [0.25, 0.3) is 0 Å². The van der Waals surface area contributed by atoms with Crippen molar-refractivity contribution < 1.29 is 23.2 Å². The fourth-order valence-corrected chi connectivity index (χ4v) is 3.04. The zero-order chi connectivity index (χ0) is 23.3. The maximum atomic E-state index is 13.9. The third-order valence-corrected chi connectivity index (χ3v) is 5.11. The standard InChI is InChI=1S/C21H21Cl2F2N3O3/c1-11(2)19(27-20(30)18-15(24)5-4-6-16(18)25)21(31)28(3)10-17(29)26-12-7-8-13(22)14(23)9-12/h4-9,11,19H,10H2,1-3H3,(H,26,29)(H,27,30). The van der Waals surface area contributed by atoms with Gasteiger partial charge >= 0.3 is 0 Å². The summed E-state index contributed by atoms with van der Waals surface area (Å²) < 4.78 is 27.8. The number of amides is 3. The lowest BCUT2D eigenvalue weighted by atomic mass is 10.0. The summed E-state index contributed by atoms with van der Waals surface area (Å²) in [5.41, 5.74) is -0.384. The topological polar surface area (TPSA) is 78.5 Å². The molecule has 0 aliphatic carbocycles. The van der Waals surface area contributed by atoms with Crippen molar-refractivity contribution in [2.75, 3.05) is 18.9 Å². The third-order valence-electron chi connectivity index (χ3n) is 4.37. The third kappa shape index (κ3) is 6.38. The minimum Gasteiger partial charge on any atom is -0.340 e. The van der Waals surface area contributed by atoms with Gasteiger partial charge in [-0.1, -0.05) is 43.1 Å². The van der Waals surface area contributed by atoms with Crippen molar-refractivity contribution >= 4 is 46.6 Å². The van der Waals surface area contributed by atoms with E-state index < -0.39 is 46.9 Å². The summed E-state index contributed by atoms with van der Waals surface area (Å²) in [5.74, 6) is -4.65. The van der Waals surface area contributed by atoms with E-state index in [0.717, 1.165) is 23.1 Å². The zero-order valence-electron chi connectivity index (χ0n) is 17.0. The highest BCUT2D eigenvalue weighted by atomic mass is 35.5. The van der Waals surface area contributed by atoms with E-state index in [1.165, 1.54) is 19.2 Å². The van der Waals surface area contributed by atoms with E-state index in [2.05, 4.69) is 10.6 Å². The second-order valence-corrected chi connectivity index (χ2v) is 7.98. The van der Waals surface area contributed by atoms with Crippen molar-refractivity contribution in [1.29, 1.82) is 0 Å². The summed E-state index contributed by atoms with van der Waals surface area (Å²) in [7, 11) is 1.38. The Balaban J connectivity index is 2.07. The van der Waals surface area contributed by atoms with Gasteiger partial charge in [0.05, 0.1) is 16.6 Å². The van der Waals surface area contributed by atoms with Crippen LogP contribution in [0.4, 0.5) is 14.5 Å². The van der Waals surface area contributed by atoms with Gasteiger partial charge in [-0.2, -0.15) is 0 Å². The number of hydrogen-bond acceptors (Lipinski definition) is 3. The smallest absolute Gasteiger partial charge is 0.257 e. The first-order valence-electron chi connectivity index (χ1n) is 9.26. The van der Waals surface area contributed by atoms with Crippen LogP contribution in [0.1, 0.15) is 24.2 Å². The molecule has 1 unspecified atom stereocenters. The molecule has 0 spiro atoms. The molecular formula is C21H21Cl2F2N3O3. The molecule has 0 heterocycles. The van der Waals surface area contributed by atoms with Crippen LogP contribution in [0, 0.1) is 17.6 Å². The Bertz CT molecular complexity index is 982. The van der Waals surface area contributed by atoms with Gasteiger partial charge in [0.2, 0.25) is 11.8 Å². The van der Waals surface area contributed by atoms with Crippen LogP contribution in [0.2, 0.25) is 10.0 Å². The lowest BCUT2D eigenvalue weighted by molar-refractivity contribution is -0.135. The number of carbonyl (C=O) groups excluding carboxylic acids is 3. The molecule has 0 fully saturated rings. The molecule has 2 aromatic rings. The Morgan fingerprint density at radius 1 is 1.03 bits per heavy atom. The van der Waals surface area contributed by atoms with Crippen molar-refractivity contribution in [2.45, 2.75) is 19.9 Å². The maximum Gasteiger partial charge on any atom is 0.257 e. The van der Waals surface area contributed by atoms with E-state index in [1.807, 2.05) is 0 Å². The molecule has 0 aliphatic heterocycles. The van der Waals surface area contributed by atoms with Crippen LogP contribution in [0.15, 0.2) is 36.4 Å². The summed E-state index contributed by atoms with van der Waals surface area (Å²) >= 11 is 11.7. The lowest BCUT2D eigenvalue weighted by Crippen LogP contribution is -2.51. The molecule has 2 N–H and O–H groups in total. The number of halogens is 4. The van der Waals surface area contributed by atoms with E-state index in [1.54, 1.807) is 19.9 Å². The monoisotopic (exact) mass is 471 g/mol. The van der Waals surface area contributed by atoms with E-state index >= 15 is 0 Å². The Labute approximate surface area is 188 Å². The highest BCUT2D eigenvalue weighted by molar-refractivity contribution is 6.42. The Morgan fingerprint density at radius 2 is 1.65 bits per heavy atom. The zero-order valence-corrected chi connectivity index (χ0v) is 18.5. The van der Waals surface area contributed by atoms with Crippen molar-refractivity contribution in [2.24, 2.45) is 5.92 Å². The Hall–Kier alpha value is -2.71. The van der Waals surface area contributed by atoms with Crippen molar-refractivity contribution in [1.82, 2.24) is 10.2 Å². The van der Waals surface area contributed by atoms with Crippen LogP contribution in [0.5, 0.6) is 0 Å². The van der Waals surface area contributed by atoms with Crippen molar-refractivity contribution in [3.05, 3.63) is 63.6 Å². The van der Waals surface area contributed by atoms with Crippen LogP contribution in [0.3, 0.4) is 0 Å². The SMILES string of the molecule is CC(C)C(NC(=O)c1c(F)cccc1F)C(=O)N(C)CC(=O)Nc1ccc(Cl)c(Cl)c1.